The average Bonchev–Trinajstić information content (AvgIpc) is 2.55. The van der Waals surface area contributed by atoms with Crippen LogP contribution in [0.5, 0.6) is 0 Å². The van der Waals surface area contributed by atoms with Crippen molar-refractivity contribution < 1.29 is 22.8 Å². The summed E-state index contributed by atoms with van der Waals surface area (Å²) in [6, 6.07) is 11.6. The van der Waals surface area contributed by atoms with Gasteiger partial charge in [-0.05, 0) is 29.7 Å². The summed E-state index contributed by atoms with van der Waals surface area (Å²) in [6.45, 7) is 1.18. The molecule has 25 heavy (non-hydrogen) atoms. The van der Waals surface area contributed by atoms with Gasteiger partial charge in [-0.3, -0.25) is 9.59 Å². The summed E-state index contributed by atoms with van der Waals surface area (Å²) in [5, 5.41) is 0. The van der Waals surface area contributed by atoms with Gasteiger partial charge in [-0.25, -0.2) is 0 Å². The Morgan fingerprint density at radius 2 is 1.80 bits per heavy atom. The Kier molecular flexibility index (Phi) is 4.37. The fourth-order valence-electron chi connectivity index (χ4n) is 3.12. The molecule has 130 valence electrons. The van der Waals surface area contributed by atoms with Crippen molar-refractivity contribution in [2.75, 3.05) is 11.4 Å². The number of alkyl halides is 3. The molecule has 0 radical (unpaired) electrons. The van der Waals surface area contributed by atoms with Gasteiger partial charge in [0.2, 0.25) is 5.91 Å². The Morgan fingerprint density at radius 1 is 1.12 bits per heavy atom. The largest absolute Gasteiger partial charge is 0.418 e. The minimum absolute atomic E-state index is 0.0255. The maximum absolute atomic E-state index is 13.6. The van der Waals surface area contributed by atoms with Gasteiger partial charge in [-0.1, -0.05) is 30.3 Å². The first-order valence-electron chi connectivity index (χ1n) is 7.86. The van der Waals surface area contributed by atoms with Gasteiger partial charge in [0, 0.05) is 25.5 Å². The third-order valence-corrected chi connectivity index (χ3v) is 4.24. The molecule has 1 aliphatic heterocycles. The van der Waals surface area contributed by atoms with Crippen LogP contribution >= 0.6 is 0 Å². The highest BCUT2D eigenvalue weighted by Crippen LogP contribution is 2.42. The molecule has 3 nitrogen and oxygen atoms in total. The first kappa shape index (κ1) is 17.2. The fraction of sp³-hybridized carbons (Fsp3) is 0.263. The first-order valence-corrected chi connectivity index (χ1v) is 7.86. The zero-order valence-electron chi connectivity index (χ0n) is 13.6. The molecule has 0 aromatic heterocycles. The molecule has 1 heterocycles. The molecule has 0 N–H and O–H groups in total. The summed E-state index contributed by atoms with van der Waals surface area (Å²) in [6.07, 6.45) is -4.34. The number of ketones is 1. The van der Waals surface area contributed by atoms with Crippen LogP contribution in [0.4, 0.5) is 18.9 Å². The lowest BCUT2D eigenvalue weighted by Gasteiger charge is -2.31. The average molecular weight is 347 g/mol. The first-order chi connectivity index (χ1) is 11.8. The molecule has 0 spiro atoms. The molecule has 0 atom stereocenters. The van der Waals surface area contributed by atoms with E-state index in [1.807, 2.05) is 18.2 Å². The molecule has 1 aliphatic rings. The number of benzene rings is 2. The van der Waals surface area contributed by atoms with Gasteiger partial charge < -0.3 is 4.90 Å². The smallest absolute Gasteiger partial charge is 0.311 e. The third kappa shape index (κ3) is 3.43. The molecular weight excluding hydrogens is 331 g/mol. The van der Waals surface area contributed by atoms with Crippen LogP contribution in [-0.2, 0) is 17.4 Å². The maximum atomic E-state index is 13.6. The Bertz CT molecular complexity index is 829. The molecule has 3 rings (SSSR count). The molecule has 0 bridgehead atoms. The summed E-state index contributed by atoms with van der Waals surface area (Å²) in [5.74, 6) is -0.872. The maximum Gasteiger partial charge on any atom is 0.418 e. The van der Waals surface area contributed by atoms with E-state index in [1.54, 1.807) is 12.1 Å². The summed E-state index contributed by atoms with van der Waals surface area (Å²) in [7, 11) is 0. The summed E-state index contributed by atoms with van der Waals surface area (Å²) in [4.78, 5) is 25.1. The van der Waals surface area contributed by atoms with Crippen molar-refractivity contribution in [1.82, 2.24) is 0 Å². The molecule has 0 aliphatic carbocycles. The van der Waals surface area contributed by atoms with E-state index in [2.05, 4.69) is 0 Å². The second-order valence-electron chi connectivity index (χ2n) is 6.04. The van der Waals surface area contributed by atoms with E-state index in [-0.39, 0.29) is 36.4 Å². The van der Waals surface area contributed by atoms with Crippen LogP contribution < -0.4 is 4.90 Å². The second-order valence-corrected chi connectivity index (χ2v) is 6.04. The van der Waals surface area contributed by atoms with E-state index >= 15 is 0 Å². The number of rotatable bonds is 2. The Morgan fingerprint density at radius 3 is 2.40 bits per heavy atom. The number of anilines is 1. The fourth-order valence-corrected chi connectivity index (χ4v) is 3.12. The molecular formula is C19H16F3NO2. The number of Topliss-reactive ketones (excluding diaryl/α,β-unsaturated/α-hetero) is 1. The predicted octanol–water partition coefficient (Wildman–Crippen LogP) is 4.24. The SMILES string of the molecule is CC(=O)N1CCC(=O)c2cc(Cc3ccccc3)cc(C(F)(F)F)c21. The van der Waals surface area contributed by atoms with Crippen LogP contribution in [0.3, 0.4) is 0 Å². The van der Waals surface area contributed by atoms with Crippen molar-refractivity contribution in [3.05, 3.63) is 64.7 Å². The van der Waals surface area contributed by atoms with Gasteiger partial charge in [0.15, 0.2) is 5.78 Å². The minimum Gasteiger partial charge on any atom is -0.311 e. The highest BCUT2D eigenvalue weighted by atomic mass is 19.4. The van der Waals surface area contributed by atoms with Gasteiger partial charge in [0.05, 0.1) is 11.3 Å². The summed E-state index contributed by atoms with van der Waals surface area (Å²) >= 11 is 0. The van der Waals surface area contributed by atoms with E-state index in [4.69, 9.17) is 0 Å². The van der Waals surface area contributed by atoms with Crippen LogP contribution in [-0.4, -0.2) is 18.2 Å². The van der Waals surface area contributed by atoms with Gasteiger partial charge in [0.25, 0.3) is 0 Å². The van der Waals surface area contributed by atoms with Gasteiger partial charge in [0.1, 0.15) is 0 Å². The predicted molar refractivity (Wildman–Crippen MR) is 87.7 cm³/mol. The quantitative estimate of drug-likeness (QED) is 0.815. The van der Waals surface area contributed by atoms with Crippen LogP contribution in [0.1, 0.15) is 40.4 Å². The molecule has 2 aromatic carbocycles. The van der Waals surface area contributed by atoms with Gasteiger partial charge >= 0.3 is 6.18 Å². The lowest BCUT2D eigenvalue weighted by molar-refractivity contribution is -0.137. The number of amides is 1. The molecule has 0 saturated carbocycles. The third-order valence-electron chi connectivity index (χ3n) is 4.24. The molecule has 1 amide bonds. The topological polar surface area (TPSA) is 37.4 Å². The van der Waals surface area contributed by atoms with E-state index < -0.39 is 17.6 Å². The lowest BCUT2D eigenvalue weighted by atomic mass is 9.91. The van der Waals surface area contributed by atoms with E-state index in [1.165, 1.54) is 13.0 Å². The lowest BCUT2D eigenvalue weighted by Crippen LogP contribution is -2.37. The molecule has 6 heteroatoms. The number of nitrogens with zero attached hydrogens (tertiary/aromatic N) is 1. The van der Waals surface area contributed by atoms with E-state index in [9.17, 15) is 22.8 Å². The molecule has 2 aromatic rings. The normalized spacial score (nSPS) is 14.4. The zero-order valence-corrected chi connectivity index (χ0v) is 13.6. The van der Waals surface area contributed by atoms with Crippen molar-refractivity contribution in [3.63, 3.8) is 0 Å². The van der Waals surface area contributed by atoms with E-state index in [0.717, 1.165) is 16.5 Å². The van der Waals surface area contributed by atoms with Crippen LogP contribution in [0.2, 0.25) is 0 Å². The standard InChI is InChI=1S/C19H16F3NO2/c1-12(24)23-8-7-17(25)15-10-14(9-13-5-3-2-4-6-13)11-16(18(15)23)19(20,21)22/h2-6,10-11H,7-9H2,1H3. The van der Waals surface area contributed by atoms with Gasteiger partial charge in [-0.2, -0.15) is 13.2 Å². The van der Waals surface area contributed by atoms with Crippen molar-refractivity contribution >= 4 is 17.4 Å². The molecule has 0 unspecified atom stereocenters. The number of hydrogen-bond acceptors (Lipinski definition) is 2. The number of carbonyl (C=O) groups is 2. The zero-order chi connectivity index (χ0) is 18.2. The second kappa shape index (κ2) is 6.35. The van der Waals surface area contributed by atoms with Crippen molar-refractivity contribution in [2.24, 2.45) is 0 Å². The van der Waals surface area contributed by atoms with Crippen LogP contribution in [0.25, 0.3) is 0 Å². The van der Waals surface area contributed by atoms with Crippen molar-refractivity contribution in [1.29, 1.82) is 0 Å². The van der Waals surface area contributed by atoms with Crippen molar-refractivity contribution in [2.45, 2.75) is 25.9 Å². The highest BCUT2D eigenvalue weighted by molar-refractivity contribution is 6.09. The van der Waals surface area contributed by atoms with Gasteiger partial charge in [-0.15, -0.1) is 0 Å². The van der Waals surface area contributed by atoms with Crippen LogP contribution in [0.15, 0.2) is 42.5 Å². The van der Waals surface area contributed by atoms with Crippen molar-refractivity contribution in [3.8, 4) is 0 Å². The minimum atomic E-state index is -4.65. The number of fused-ring (bicyclic) bond motifs is 1. The Labute approximate surface area is 143 Å². The summed E-state index contributed by atoms with van der Waals surface area (Å²) < 4.78 is 40.8. The number of carbonyl (C=O) groups excluding carboxylic acids is 2. The van der Waals surface area contributed by atoms with Crippen LogP contribution in [0, 0.1) is 0 Å². The highest BCUT2D eigenvalue weighted by Gasteiger charge is 2.40. The monoisotopic (exact) mass is 347 g/mol. The molecule has 0 saturated heterocycles. The number of halogens is 3. The summed E-state index contributed by atoms with van der Waals surface area (Å²) in [5.41, 5.74) is -0.0206. The Balaban J connectivity index is 2.17. The molecule has 0 fully saturated rings. The number of hydrogen-bond donors (Lipinski definition) is 0. The Hall–Kier alpha value is -2.63. The van der Waals surface area contributed by atoms with E-state index in [0.29, 0.717) is 5.56 Å².